The first-order valence-electron chi connectivity index (χ1n) is 9.68. The molecule has 3 aliphatic rings. The first-order chi connectivity index (χ1) is 13.4. The molecule has 3 heterocycles. The van der Waals surface area contributed by atoms with Gasteiger partial charge in [0.15, 0.2) is 5.82 Å². The van der Waals surface area contributed by atoms with Crippen molar-refractivity contribution in [1.82, 2.24) is 15.1 Å². The lowest BCUT2D eigenvalue weighted by molar-refractivity contribution is -0.0265. The van der Waals surface area contributed by atoms with Crippen LogP contribution in [0.25, 0.3) is 0 Å². The number of hydrogen-bond donors (Lipinski definition) is 1. The summed E-state index contributed by atoms with van der Waals surface area (Å²) in [6, 6.07) is 3.52. The van der Waals surface area contributed by atoms with Gasteiger partial charge in [-0.15, -0.1) is 0 Å². The van der Waals surface area contributed by atoms with Gasteiger partial charge >= 0.3 is 0 Å². The van der Waals surface area contributed by atoms with Crippen LogP contribution in [0, 0.1) is 18.8 Å². The van der Waals surface area contributed by atoms with E-state index in [0.29, 0.717) is 41.7 Å². The number of halogens is 2. The van der Waals surface area contributed by atoms with Gasteiger partial charge in [0.2, 0.25) is 11.8 Å². The molecule has 0 aromatic carbocycles. The third-order valence-corrected chi connectivity index (χ3v) is 5.06. The first kappa shape index (κ1) is 19.0. The van der Waals surface area contributed by atoms with Crippen LogP contribution >= 0.6 is 0 Å². The molecule has 1 unspecified atom stereocenters. The van der Waals surface area contributed by atoms with Gasteiger partial charge in [0.25, 0.3) is 5.92 Å². The minimum absolute atomic E-state index is 0.00699. The molecular weight excluding hydrogens is 368 g/mol. The number of aromatic nitrogens is 3. The number of nitrogens with two attached hydrogens (primary N) is 1. The highest BCUT2D eigenvalue weighted by Crippen LogP contribution is 2.38. The van der Waals surface area contributed by atoms with Crippen molar-refractivity contribution < 1.29 is 18.0 Å². The van der Waals surface area contributed by atoms with E-state index in [1.165, 1.54) is 25.7 Å². The Labute approximate surface area is 162 Å². The quantitative estimate of drug-likeness (QED) is 0.806. The zero-order valence-electron chi connectivity index (χ0n) is 15.9. The molecule has 1 atom stereocenters. The summed E-state index contributed by atoms with van der Waals surface area (Å²) >= 11 is 0. The number of alkyl halides is 2. The topological polar surface area (TPSA) is 90.3 Å². The zero-order chi connectivity index (χ0) is 19.7. The molecule has 5 rings (SSSR count). The third-order valence-electron chi connectivity index (χ3n) is 5.06. The molecule has 2 aromatic rings. The predicted molar refractivity (Wildman–Crippen MR) is 98.3 cm³/mol. The lowest BCUT2D eigenvalue weighted by Gasteiger charge is -2.40. The second-order valence-electron chi connectivity index (χ2n) is 7.83. The molecule has 0 radical (unpaired) electrons. The van der Waals surface area contributed by atoms with Crippen molar-refractivity contribution in [1.29, 1.82) is 0 Å². The van der Waals surface area contributed by atoms with E-state index in [1.807, 2.05) is 0 Å². The highest BCUT2D eigenvalue weighted by molar-refractivity contribution is 5.57. The minimum atomic E-state index is -2.57. The van der Waals surface area contributed by atoms with Gasteiger partial charge in [-0.2, -0.15) is 4.98 Å². The average Bonchev–Trinajstić information content (AvgIpc) is 3.57. The molecule has 3 fully saturated rings. The number of ether oxygens (including phenoxy) is 1. The van der Waals surface area contributed by atoms with E-state index < -0.39 is 5.92 Å². The Morgan fingerprint density at radius 2 is 2.07 bits per heavy atom. The van der Waals surface area contributed by atoms with Crippen molar-refractivity contribution in [2.24, 2.45) is 17.6 Å². The maximum atomic E-state index is 12.8. The fourth-order valence-electron chi connectivity index (χ4n) is 3.01. The molecule has 0 spiro atoms. The molecule has 2 aromatic heterocycles. The maximum absolute atomic E-state index is 12.8. The summed E-state index contributed by atoms with van der Waals surface area (Å²) in [7, 11) is 0. The summed E-state index contributed by atoms with van der Waals surface area (Å²) in [5.74, 6) is 0.384. The van der Waals surface area contributed by atoms with Crippen LogP contribution in [0.15, 0.2) is 22.9 Å². The number of pyridine rings is 1. The molecule has 2 N–H and O–H groups in total. The Morgan fingerprint density at radius 3 is 2.64 bits per heavy atom. The van der Waals surface area contributed by atoms with Crippen LogP contribution in [0.1, 0.15) is 43.4 Å². The van der Waals surface area contributed by atoms with Gasteiger partial charge in [0, 0.05) is 13.1 Å². The van der Waals surface area contributed by atoms with Gasteiger partial charge in [-0.05, 0) is 49.7 Å². The molecule has 0 amide bonds. The fourth-order valence-corrected chi connectivity index (χ4v) is 3.01. The van der Waals surface area contributed by atoms with E-state index in [4.69, 9.17) is 15.0 Å². The van der Waals surface area contributed by atoms with Crippen molar-refractivity contribution in [3.8, 4) is 5.88 Å². The lowest BCUT2D eigenvalue weighted by atomic mass is 10.1. The van der Waals surface area contributed by atoms with Crippen molar-refractivity contribution in [2.75, 3.05) is 24.6 Å². The van der Waals surface area contributed by atoms with Crippen LogP contribution in [0.3, 0.4) is 0 Å². The SMILES string of the molecule is Cc1nc(C(N)C2CC2)no1.FC1(F)CN(c2cccnc2OCC2CC2)C1. The monoisotopic (exact) mass is 393 g/mol. The number of aryl methyl sites for hydroxylation is 1. The molecule has 2 saturated carbocycles. The largest absolute Gasteiger partial charge is 0.476 e. The Hall–Kier alpha value is -2.29. The smallest absolute Gasteiger partial charge is 0.282 e. The fraction of sp³-hybridized carbons (Fsp3) is 0.632. The molecule has 152 valence electrons. The first-order valence-corrected chi connectivity index (χ1v) is 9.68. The highest BCUT2D eigenvalue weighted by atomic mass is 19.3. The Balaban J connectivity index is 0.000000151. The second kappa shape index (κ2) is 7.62. The molecule has 0 bridgehead atoms. The van der Waals surface area contributed by atoms with Crippen LogP contribution in [-0.4, -0.2) is 40.7 Å². The molecule has 7 nitrogen and oxygen atoms in total. The van der Waals surface area contributed by atoms with Crippen molar-refractivity contribution in [3.05, 3.63) is 30.0 Å². The number of hydrogen-bond acceptors (Lipinski definition) is 7. The van der Waals surface area contributed by atoms with Gasteiger partial charge in [0.05, 0.1) is 25.7 Å². The number of rotatable bonds is 6. The van der Waals surface area contributed by atoms with Crippen LogP contribution in [0.5, 0.6) is 5.88 Å². The van der Waals surface area contributed by atoms with E-state index in [-0.39, 0.29) is 19.1 Å². The highest BCUT2D eigenvalue weighted by Gasteiger charge is 2.45. The molecule has 9 heteroatoms. The predicted octanol–water partition coefficient (Wildman–Crippen LogP) is 3.11. The second-order valence-corrected chi connectivity index (χ2v) is 7.83. The summed E-state index contributed by atoms with van der Waals surface area (Å²) in [5.41, 5.74) is 6.51. The Kier molecular flexibility index (Phi) is 5.18. The van der Waals surface area contributed by atoms with Crippen LogP contribution < -0.4 is 15.4 Å². The van der Waals surface area contributed by atoms with Gasteiger partial charge in [0.1, 0.15) is 5.69 Å². The van der Waals surface area contributed by atoms with Crippen molar-refractivity contribution in [3.63, 3.8) is 0 Å². The van der Waals surface area contributed by atoms with Crippen LogP contribution in [-0.2, 0) is 0 Å². The summed E-state index contributed by atoms with van der Waals surface area (Å²) in [6.45, 7) is 1.95. The molecule has 2 aliphatic carbocycles. The van der Waals surface area contributed by atoms with Crippen molar-refractivity contribution in [2.45, 2.75) is 44.6 Å². The summed E-state index contributed by atoms with van der Waals surface area (Å²) in [5, 5.41) is 3.77. The standard InChI is InChI=1S/C12H14F2N2O.C7H11N3O/c13-12(14)7-16(8-12)10-2-1-5-15-11(10)17-6-9-3-4-9;1-4-9-7(10-11-4)6(8)5-2-3-5/h1-2,5,9H,3-4,6-8H2;5-6H,2-3,8H2,1H3. The molecule has 1 saturated heterocycles. The van der Waals surface area contributed by atoms with Gasteiger partial charge in [-0.25, -0.2) is 13.8 Å². The minimum Gasteiger partial charge on any atom is -0.476 e. The summed E-state index contributed by atoms with van der Waals surface area (Å²) in [6.07, 6.45) is 6.43. The number of nitrogens with zero attached hydrogens (tertiary/aromatic N) is 4. The van der Waals surface area contributed by atoms with E-state index in [1.54, 1.807) is 30.2 Å². The Bertz CT molecular complexity index is 799. The normalized spacial score (nSPS) is 21.4. The van der Waals surface area contributed by atoms with Gasteiger partial charge < -0.3 is 19.9 Å². The Morgan fingerprint density at radius 1 is 1.32 bits per heavy atom. The lowest BCUT2D eigenvalue weighted by Crippen LogP contribution is -2.56. The third kappa shape index (κ3) is 4.76. The van der Waals surface area contributed by atoms with E-state index in [2.05, 4.69) is 15.1 Å². The van der Waals surface area contributed by atoms with Gasteiger partial charge in [-0.3, -0.25) is 0 Å². The maximum Gasteiger partial charge on any atom is 0.282 e. The van der Waals surface area contributed by atoms with E-state index in [0.717, 1.165) is 0 Å². The summed E-state index contributed by atoms with van der Waals surface area (Å²) in [4.78, 5) is 9.80. The number of anilines is 1. The molecule has 1 aliphatic heterocycles. The van der Waals surface area contributed by atoms with Crippen LogP contribution in [0.4, 0.5) is 14.5 Å². The van der Waals surface area contributed by atoms with E-state index in [9.17, 15) is 8.78 Å². The van der Waals surface area contributed by atoms with E-state index >= 15 is 0 Å². The van der Waals surface area contributed by atoms with Crippen molar-refractivity contribution >= 4 is 5.69 Å². The molecular formula is C19H25F2N5O2. The molecule has 28 heavy (non-hydrogen) atoms. The summed E-state index contributed by atoms with van der Waals surface area (Å²) < 4.78 is 36.1. The average molecular weight is 393 g/mol. The zero-order valence-corrected chi connectivity index (χ0v) is 15.9. The van der Waals surface area contributed by atoms with Gasteiger partial charge in [-0.1, -0.05) is 5.16 Å². The van der Waals surface area contributed by atoms with Crippen LogP contribution in [0.2, 0.25) is 0 Å².